The Morgan fingerprint density at radius 2 is 2.04 bits per heavy atom. The number of nitrogens with one attached hydrogen (secondary N) is 1. The fourth-order valence-electron chi connectivity index (χ4n) is 3.83. The van der Waals surface area contributed by atoms with Crippen LogP contribution in [0.5, 0.6) is 0 Å². The number of aryl methyl sites for hydroxylation is 1. The number of rotatable bonds is 3. The van der Waals surface area contributed by atoms with Crippen LogP contribution in [0, 0.1) is 5.92 Å². The topological polar surface area (TPSA) is 70.1 Å². The van der Waals surface area contributed by atoms with Gasteiger partial charge in [-0.15, -0.1) is 0 Å². The Labute approximate surface area is 165 Å². The molecular weight excluding hydrogens is 408 g/mol. The molecule has 7 nitrogen and oxygen atoms in total. The molecule has 2 fully saturated rings. The van der Waals surface area contributed by atoms with Gasteiger partial charge in [-0.2, -0.15) is 5.10 Å². The van der Waals surface area contributed by atoms with E-state index >= 15 is 0 Å². The average molecular weight is 429 g/mol. The molecule has 1 saturated heterocycles. The van der Waals surface area contributed by atoms with Gasteiger partial charge in [-0.3, -0.25) is 9.48 Å². The van der Waals surface area contributed by atoms with E-state index in [1.165, 1.54) is 0 Å². The second kappa shape index (κ2) is 6.37. The van der Waals surface area contributed by atoms with Crippen LogP contribution in [0.25, 0.3) is 22.3 Å². The monoisotopic (exact) mass is 428 g/mol. The molecule has 0 atom stereocenters. The van der Waals surface area contributed by atoms with Crippen molar-refractivity contribution in [2.75, 3.05) is 31.1 Å². The molecule has 8 heteroatoms. The van der Waals surface area contributed by atoms with Crippen molar-refractivity contribution in [3.8, 4) is 11.3 Å². The van der Waals surface area contributed by atoms with E-state index in [4.69, 9.17) is 0 Å². The van der Waals surface area contributed by atoms with Gasteiger partial charge < -0.3 is 14.8 Å². The summed E-state index contributed by atoms with van der Waals surface area (Å²) in [6.45, 7) is 3.27. The highest BCUT2D eigenvalue weighted by molar-refractivity contribution is 9.10. The van der Waals surface area contributed by atoms with Crippen molar-refractivity contribution in [1.82, 2.24) is 24.6 Å². The smallest absolute Gasteiger partial charge is 0.225 e. The minimum Gasteiger partial charge on any atom is -0.367 e. The van der Waals surface area contributed by atoms with Crippen molar-refractivity contribution in [2.45, 2.75) is 12.8 Å². The lowest BCUT2D eigenvalue weighted by Crippen LogP contribution is -2.49. The Bertz CT molecular complexity index is 1010. The number of hydrogen-bond acceptors (Lipinski definition) is 4. The number of halogens is 1. The number of H-pyrrole nitrogens is 1. The number of hydrogen-bond donors (Lipinski definition) is 1. The number of piperazine rings is 1. The molecule has 1 amide bonds. The van der Waals surface area contributed by atoms with E-state index in [9.17, 15) is 4.79 Å². The van der Waals surface area contributed by atoms with Crippen LogP contribution in [0.3, 0.4) is 0 Å². The van der Waals surface area contributed by atoms with Crippen LogP contribution in [-0.2, 0) is 11.8 Å². The Hall–Kier alpha value is -2.35. The molecule has 2 aliphatic rings. The lowest BCUT2D eigenvalue weighted by molar-refractivity contribution is -0.132. The third-order valence-electron chi connectivity index (χ3n) is 5.46. The number of carbonyl (C=O) groups is 1. The molecule has 0 unspecified atom stereocenters. The number of fused-ring (bicyclic) bond motifs is 1. The van der Waals surface area contributed by atoms with Gasteiger partial charge in [0.25, 0.3) is 0 Å². The van der Waals surface area contributed by atoms with Gasteiger partial charge in [-0.05, 0) is 34.8 Å². The van der Waals surface area contributed by atoms with Gasteiger partial charge in [0, 0.05) is 57.1 Å². The van der Waals surface area contributed by atoms with Crippen LogP contribution in [0.2, 0.25) is 0 Å². The molecule has 3 aromatic heterocycles. The average Bonchev–Trinajstić information content (AvgIpc) is 3.37. The summed E-state index contributed by atoms with van der Waals surface area (Å²) < 4.78 is 2.79. The van der Waals surface area contributed by atoms with E-state index in [1.807, 2.05) is 30.5 Å². The molecule has 0 aromatic carbocycles. The van der Waals surface area contributed by atoms with Crippen molar-refractivity contribution >= 4 is 38.6 Å². The maximum absolute atomic E-state index is 12.3. The Morgan fingerprint density at radius 3 is 2.70 bits per heavy atom. The zero-order chi connectivity index (χ0) is 18.5. The van der Waals surface area contributed by atoms with E-state index < -0.39 is 0 Å². The molecule has 0 radical (unpaired) electrons. The summed E-state index contributed by atoms with van der Waals surface area (Å²) in [5.41, 5.74) is 4.01. The van der Waals surface area contributed by atoms with Gasteiger partial charge in [-0.25, -0.2) is 4.98 Å². The normalized spacial score (nSPS) is 17.7. The molecule has 3 aromatic rings. The number of amides is 1. The molecule has 27 heavy (non-hydrogen) atoms. The van der Waals surface area contributed by atoms with Gasteiger partial charge in [0.1, 0.15) is 5.65 Å². The van der Waals surface area contributed by atoms with Crippen LogP contribution in [0.4, 0.5) is 5.69 Å². The highest BCUT2D eigenvalue weighted by Crippen LogP contribution is 2.39. The molecule has 0 spiro atoms. The fourth-order valence-corrected chi connectivity index (χ4v) is 4.55. The van der Waals surface area contributed by atoms with E-state index in [1.54, 1.807) is 4.68 Å². The molecule has 0 bridgehead atoms. The first-order valence-electron chi connectivity index (χ1n) is 9.31. The molecule has 4 heterocycles. The van der Waals surface area contributed by atoms with Crippen molar-refractivity contribution < 1.29 is 4.79 Å². The van der Waals surface area contributed by atoms with E-state index in [0.29, 0.717) is 11.8 Å². The van der Waals surface area contributed by atoms with Gasteiger partial charge in [0.15, 0.2) is 0 Å². The Morgan fingerprint density at radius 1 is 1.26 bits per heavy atom. The maximum atomic E-state index is 12.3. The molecule has 140 valence electrons. The fraction of sp³-hybridized carbons (Fsp3) is 0.421. The second-order valence-electron chi connectivity index (χ2n) is 7.36. The first-order chi connectivity index (χ1) is 13.1. The summed E-state index contributed by atoms with van der Waals surface area (Å²) in [6, 6.07) is 2.06. The van der Waals surface area contributed by atoms with Crippen LogP contribution < -0.4 is 4.90 Å². The second-order valence-corrected chi connectivity index (χ2v) is 8.15. The van der Waals surface area contributed by atoms with Crippen LogP contribution in [0.1, 0.15) is 12.8 Å². The van der Waals surface area contributed by atoms with Gasteiger partial charge in [0.2, 0.25) is 5.91 Å². The summed E-state index contributed by atoms with van der Waals surface area (Å²) in [5, 5.41) is 5.35. The summed E-state index contributed by atoms with van der Waals surface area (Å²) in [6.07, 6.45) is 7.80. The third kappa shape index (κ3) is 2.92. The minimum absolute atomic E-state index is 0.296. The largest absolute Gasteiger partial charge is 0.367 e. The summed E-state index contributed by atoms with van der Waals surface area (Å²) in [7, 11) is 1.91. The molecule has 1 aliphatic carbocycles. The number of aromatic amines is 1. The highest BCUT2D eigenvalue weighted by Gasteiger charge is 2.34. The number of anilines is 1. The van der Waals surface area contributed by atoms with Gasteiger partial charge in [0.05, 0.1) is 27.4 Å². The summed E-state index contributed by atoms with van der Waals surface area (Å²) in [4.78, 5) is 24.6. The molecule has 1 saturated carbocycles. The highest BCUT2D eigenvalue weighted by atomic mass is 79.9. The lowest BCUT2D eigenvalue weighted by atomic mass is 10.2. The zero-order valence-electron chi connectivity index (χ0n) is 15.2. The number of aromatic nitrogens is 4. The standard InChI is InChI=1S/C19H21BrN6O/c1-24-11-13(10-22-24)17-16(20)15-14(4-5-21-18(15)23-17)25-6-8-26(9-7-25)19(27)12-2-3-12/h4-5,10-12H,2-3,6-9H2,1H3,(H,21,23). The quantitative estimate of drug-likeness (QED) is 0.695. The van der Waals surface area contributed by atoms with E-state index in [2.05, 4.69) is 42.0 Å². The van der Waals surface area contributed by atoms with E-state index in [0.717, 1.165) is 71.5 Å². The lowest BCUT2D eigenvalue weighted by Gasteiger charge is -2.36. The Balaban J connectivity index is 1.45. The Kier molecular flexibility index (Phi) is 3.96. The first kappa shape index (κ1) is 16.8. The van der Waals surface area contributed by atoms with Gasteiger partial charge in [-0.1, -0.05) is 0 Å². The minimum atomic E-state index is 0.296. The van der Waals surface area contributed by atoms with Crippen LogP contribution in [-0.4, -0.2) is 56.7 Å². The number of pyridine rings is 1. The van der Waals surface area contributed by atoms with Crippen LogP contribution >= 0.6 is 15.9 Å². The van der Waals surface area contributed by atoms with Gasteiger partial charge >= 0.3 is 0 Å². The maximum Gasteiger partial charge on any atom is 0.225 e. The third-order valence-corrected chi connectivity index (χ3v) is 6.26. The predicted molar refractivity (Wildman–Crippen MR) is 108 cm³/mol. The summed E-state index contributed by atoms with van der Waals surface area (Å²) in [5.74, 6) is 0.640. The molecule has 5 rings (SSSR count). The predicted octanol–water partition coefficient (Wildman–Crippen LogP) is 2.78. The van der Waals surface area contributed by atoms with Crippen molar-refractivity contribution in [2.24, 2.45) is 13.0 Å². The molecule has 1 aliphatic heterocycles. The first-order valence-corrected chi connectivity index (χ1v) is 10.1. The SMILES string of the molecule is Cn1cc(-c2[nH]c3nccc(N4CCN(C(=O)C5CC5)CC4)c3c2Br)cn1. The molecule has 1 N–H and O–H groups in total. The van der Waals surface area contributed by atoms with Crippen molar-refractivity contribution in [3.63, 3.8) is 0 Å². The number of nitrogens with zero attached hydrogens (tertiary/aromatic N) is 5. The van der Waals surface area contributed by atoms with Crippen LogP contribution in [0.15, 0.2) is 29.1 Å². The molecular formula is C19H21BrN6O. The zero-order valence-corrected chi connectivity index (χ0v) is 16.7. The number of carbonyl (C=O) groups excluding carboxylic acids is 1. The van der Waals surface area contributed by atoms with E-state index in [-0.39, 0.29) is 0 Å². The van der Waals surface area contributed by atoms with Crippen molar-refractivity contribution in [3.05, 3.63) is 29.1 Å². The van der Waals surface area contributed by atoms with Crippen molar-refractivity contribution in [1.29, 1.82) is 0 Å². The summed E-state index contributed by atoms with van der Waals surface area (Å²) >= 11 is 3.78.